The number of quaternary nitrogens is 1. The zero-order valence-electron chi connectivity index (χ0n) is 30.4. The second-order valence-electron chi connectivity index (χ2n) is 14.3. The largest absolute Gasteiger partial charge is 0.546 e. The van der Waals surface area contributed by atoms with E-state index in [1.807, 2.05) is 0 Å². The Labute approximate surface area is 277 Å². The van der Waals surface area contributed by atoms with Crippen LogP contribution >= 0.6 is 8.81 Å². The summed E-state index contributed by atoms with van der Waals surface area (Å²) in [5, 5.41) is 0. The summed E-state index contributed by atoms with van der Waals surface area (Å²) >= 11 is 0. The lowest BCUT2D eigenvalue weighted by Crippen LogP contribution is -2.37. The van der Waals surface area contributed by atoms with Crippen molar-refractivity contribution in [1.82, 2.24) is 0 Å². The number of hydrogen-bond donors (Lipinski definition) is 0. The number of carbonyl (C=O) groups excluding carboxylic acids is 2. The van der Waals surface area contributed by atoms with Gasteiger partial charge in [0, 0.05) is 17.9 Å². The molecule has 0 radical (unpaired) electrons. The summed E-state index contributed by atoms with van der Waals surface area (Å²) in [5.74, 6) is -0.325. The molecule has 0 aliphatic carbocycles. The maximum atomic E-state index is 13.1. The van der Waals surface area contributed by atoms with Crippen molar-refractivity contribution in [3.05, 3.63) is 12.2 Å². The Kier molecular flexibility index (Phi) is 32.0. The fourth-order valence-corrected chi connectivity index (χ4v) is 6.34. The maximum Gasteiger partial charge on any atom is 0.140 e. The molecule has 0 N–H and O–H groups in total. The van der Waals surface area contributed by atoms with Gasteiger partial charge in [-0.15, -0.1) is 0 Å². The fraction of sp³-hybridized carbons (Fsp3) is 0.897. The smallest absolute Gasteiger partial charge is 0.140 e. The number of ketones is 1. The van der Waals surface area contributed by atoms with Gasteiger partial charge in [0.2, 0.25) is 0 Å². The molecule has 0 spiro atoms. The number of carbonyl (C=O) groups is 2. The zero-order valence-corrected chi connectivity index (χ0v) is 31.3. The predicted octanol–water partition coefficient (Wildman–Crippen LogP) is 12.4. The van der Waals surface area contributed by atoms with E-state index in [0.29, 0.717) is 28.3 Å². The summed E-state index contributed by atoms with van der Waals surface area (Å²) < 4.78 is 6.50. The van der Waals surface area contributed by atoms with E-state index in [4.69, 9.17) is 4.52 Å². The normalized spacial score (nSPS) is 13.0. The fourth-order valence-electron chi connectivity index (χ4n) is 5.64. The number of rotatable bonds is 35. The molecule has 0 rings (SSSR count). The monoisotopic (exact) mass is 638 g/mol. The summed E-state index contributed by atoms with van der Waals surface area (Å²) in [6, 6.07) is 0. The maximum absolute atomic E-state index is 13.1. The highest BCUT2D eigenvalue weighted by molar-refractivity contribution is 7.53. The van der Waals surface area contributed by atoms with Gasteiger partial charge < -0.3 is 22.6 Å². The first-order chi connectivity index (χ1) is 21.3. The lowest BCUT2D eigenvalue weighted by molar-refractivity contribution is -0.870. The molecule has 1 atom stereocenters. The van der Waals surface area contributed by atoms with Crippen molar-refractivity contribution in [3.8, 4) is 0 Å². The van der Waals surface area contributed by atoms with Crippen molar-refractivity contribution in [2.45, 2.75) is 187 Å². The Hall–Kier alpha value is -0.570. The number of Topliss-reactive ketones (excluding diaryl/α,β-unsaturated/α-hetero) is 1. The average molecular weight is 638 g/mol. The van der Waals surface area contributed by atoms with Crippen LogP contribution in [0.3, 0.4) is 0 Å². The Bertz CT molecular complexity index is 673. The molecule has 0 aliphatic rings. The molecular weight excluding hydrogens is 561 g/mol. The van der Waals surface area contributed by atoms with E-state index in [2.05, 4.69) is 47.1 Å². The van der Waals surface area contributed by atoms with E-state index in [-0.39, 0.29) is 11.3 Å². The van der Waals surface area contributed by atoms with Crippen LogP contribution in [-0.4, -0.2) is 50.1 Å². The van der Waals surface area contributed by atoms with Gasteiger partial charge in [0.15, 0.2) is 0 Å². The quantitative estimate of drug-likeness (QED) is 0.0228. The van der Waals surface area contributed by atoms with E-state index in [0.717, 1.165) is 43.1 Å². The number of likely N-dealkylation sites (N-methyl/N-ethyl adjacent to an activating group) is 1. The molecule has 0 aromatic heterocycles. The van der Waals surface area contributed by atoms with Crippen LogP contribution in [0.25, 0.3) is 0 Å². The molecule has 0 saturated heterocycles. The first kappa shape index (κ1) is 43.4. The van der Waals surface area contributed by atoms with Crippen LogP contribution in [0.1, 0.15) is 187 Å². The van der Waals surface area contributed by atoms with Gasteiger partial charge in [-0.1, -0.05) is 154 Å². The second-order valence-corrected chi connectivity index (χ2v) is 15.2. The van der Waals surface area contributed by atoms with E-state index >= 15 is 0 Å². The molecule has 44 heavy (non-hydrogen) atoms. The minimum atomic E-state index is -0.477. The van der Waals surface area contributed by atoms with Gasteiger partial charge >= 0.3 is 0 Å². The topological polar surface area (TPSA) is 43.4 Å². The molecule has 4 nitrogen and oxygen atoms in total. The Balaban J connectivity index is 4.21. The molecule has 1 unspecified atom stereocenters. The molecule has 0 heterocycles. The third-order valence-corrected chi connectivity index (χ3v) is 9.53. The van der Waals surface area contributed by atoms with Crippen LogP contribution in [0.2, 0.25) is 0 Å². The third-order valence-electron chi connectivity index (χ3n) is 8.73. The van der Waals surface area contributed by atoms with Crippen molar-refractivity contribution < 1.29 is 18.6 Å². The van der Waals surface area contributed by atoms with Gasteiger partial charge in [-0.25, -0.2) is 0 Å². The molecule has 0 aliphatic heterocycles. The van der Waals surface area contributed by atoms with Crippen LogP contribution in [0.5, 0.6) is 0 Å². The number of unbranched alkanes of at least 4 members (excludes halogenated alkanes) is 22. The van der Waals surface area contributed by atoms with E-state index in [1.54, 1.807) is 0 Å². The minimum absolute atomic E-state index is 0.0243. The average Bonchev–Trinajstić information content (AvgIpc) is 2.99. The van der Waals surface area contributed by atoms with Gasteiger partial charge in [-0.3, -0.25) is 4.79 Å². The highest BCUT2D eigenvalue weighted by Gasteiger charge is 2.20. The van der Waals surface area contributed by atoms with Crippen LogP contribution in [-0.2, 0) is 14.1 Å². The van der Waals surface area contributed by atoms with Crippen molar-refractivity contribution >= 4 is 20.1 Å². The molecule has 0 fully saturated rings. The van der Waals surface area contributed by atoms with Gasteiger partial charge in [0.1, 0.15) is 5.78 Å². The van der Waals surface area contributed by atoms with E-state index in [1.165, 1.54) is 128 Å². The van der Waals surface area contributed by atoms with Crippen molar-refractivity contribution in [2.75, 3.05) is 34.3 Å². The molecular formula is C39H76NO3P. The highest BCUT2D eigenvalue weighted by atomic mass is 31.1. The lowest BCUT2D eigenvalue weighted by Gasteiger charge is -2.28. The summed E-state index contributed by atoms with van der Waals surface area (Å²) in [7, 11) is 6.72. The Morgan fingerprint density at radius 3 is 1.45 bits per heavy atom. The summed E-state index contributed by atoms with van der Waals surface area (Å²) in [4.78, 5) is 26.2. The first-order valence-electron chi connectivity index (χ1n) is 19.2. The van der Waals surface area contributed by atoms with Crippen molar-refractivity contribution in [1.29, 1.82) is 0 Å². The van der Waals surface area contributed by atoms with Crippen LogP contribution in [0.15, 0.2) is 12.2 Å². The summed E-state index contributed by atoms with van der Waals surface area (Å²) in [6.07, 6.45) is 37.8. The third kappa shape index (κ3) is 31.4. The SMILES string of the molecule is CCCCCCCC/C=C\CCCCCCC(C(=O)CCCCCCCCCCCCCCC)C(=O)[P-]OCC[N+](C)(C)C. The Morgan fingerprint density at radius 2 is 1.00 bits per heavy atom. The standard InChI is InChI=1S/C39H76NO3P/c1-6-8-10-12-14-16-18-20-22-23-25-27-29-31-33-37(39(42)44-43-36-35-40(3,4)5)38(41)34-32-30-28-26-24-21-19-17-15-13-11-9-7-2/h20,22,37H,6-19,21,23-36H2,1-5H3/b22-20-. The van der Waals surface area contributed by atoms with Gasteiger partial charge in [-0.05, 0) is 38.5 Å². The van der Waals surface area contributed by atoms with Crippen molar-refractivity contribution in [2.24, 2.45) is 5.92 Å². The minimum Gasteiger partial charge on any atom is -0.546 e. The number of allylic oxidation sites excluding steroid dienone is 2. The van der Waals surface area contributed by atoms with Crippen LogP contribution < -0.4 is 0 Å². The lowest BCUT2D eigenvalue weighted by atomic mass is 9.94. The van der Waals surface area contributed by atoms with Crippen LogP contribution in [0.4, 0.5) is 0 Å². The zero-order chi connectivity index (χ0) is 32.6. The first-order valence-corrected chi connectivity index (χ1v) is 20.0. The van der Waals surface area contributed by atoms with Crippen LogP contribution in [0, 0.1) is 5.92 Å². The van der Waals surface area contributed by atoms with Gasteiger partial charge in [0.05, 0.1) is 34.3 Å². The summed E-state index contributed by atoms with van der Waals surface area (Å²) in [5.41, 5.74) is -0.0243. The molecule has 0 bridgehead atoms. The number of nitrogens with zero attached hydrogens (tertiary/aromatic N) is 1. The molecule has 0 aromatic rings. The van der Waals surface area contributed by atoms with Crippen molar-refractivity contribution in [3.63, 3.8) is 0 Å². The predicted molar refractivity (Wildman–Crippen MR) is 194 cm³/mol. The van der Waals surface area contributed by atoms with Gasteiger partial charge in [0.25, 0.3) is 0 Å². The molecule has 260 valence electrons. The molecule has 5 heteroatoms. The molecule has 0 amide bonds. The summed E-state index contributed by atoms with van der Waals surface area (Å²) in [6.45, 7) is 5.94. The second kappa shape index (κ2) is 32.4. The molecule has 0 aromatic carbocycles. The van der Waals surface area contributed by atoms with E-state index in [9.17, 15) is 9.59 Å². The molecule has 0 saturated carbocycles. The highest BCUT2D eigenvalue weighted by Crippen LogP contribution is 2.26. The van der Waals surface area contributed by atoms with Gasteiger partial charge in [-0.2, -0.15) is 0 Å². The Morgan fingerprint density at radius 1 is 0.591 bits per heavy atom. The van der Waals surface area contributed by atoms with E-state index < -0.39 is 5.92 Å². The number of hydrogen-bond acceptors (Lipinski definition) is 3.